The molecule has 1 aliphatic rings. The van der Waals surface area contributed by atoms with E-state index in [0.717, 1.165) is 0 Å². The van der Waals surface area contributed by atoms with Gasteiger partial charge in [-0.15, -0.1) is 0 Å². The summed E-state index contributed by atoms with van der Waals surface area (Å²) < 4.78 is 3.51. The fourth-order valence-corrected chi connectivity index (χ4v) is 4.97. The largest absolute Gasteiger partial charge is 0.517 e. The molecule has 0 atom stereocenters. The lowest BCUT2D eigenvalue weighted by molar-refractivity contribution is 0.720. The summed E-state index contributed by atoms with van der Waals surface area (Å²) in [6, 6.07) is 3.09. The summed E-state index contributed by atoms with van der Waals surface area (Å²) in [5, 5.41) is 0. The Morgan fingerprint density at radius 3 is 2.00 bits per heavy atom. The SMILES string of the molecule is [SiH2-]N[SiH]1CCCCCC1. The summed E-state index contributed by atoms with van der Waals surface area (Å²) in [6.45, 7) is 0. The molecule has 54 valence electrons. The lowest BCUT2D eigenvalue weighted by Crippen LogP contribution is -2.30. The maximum absolute atomic E-state index is 3.51. The second-order valence-electron chi connectivity index (χ2n) is 2.89. The Balaban J connectivity index is 2.18. The molecule has 1 nitrogen and oxygen atoms in total. The molecule has 0 aliphatic carbocycles. The van der Waals surface area contributed by atoms with Gasteiger partial charge < -0.3 is 4.65 Å². The van der Waals surface area contributed by atoms with Gasteiger partial charge in [0, 0.05) is 0 Å². The lowest BCUT2D eigenvalue weighted by atomic mass is 10.2. The number of nitrogens with one attached hydrogen (secondary N) is 1. The molecule has 1 fully saturated rings. The molecule has 1 rings (SSSR count). The monoisotopic (exact) mass is 158 g/mol. The van der Waals surface area contributed by atoms with Crippen molar-refractivity contribution in [2.75, 3.05) is 0 Å². The molecule has 1 heterocycles. The Kier molecular flexibility index (Phi) is 3.54. The summed E-state index contributed by atoms with van der Waals surface area (Å²) in [7, 11) is 1.57. The Bertz CT molecular complexity index is 69.5. The normalized spacial score (nSPS) is 23.7. The molecule has 0 aromatic carbocycles. The Labute approximate surface area is 62.4 Å². The number of hydrogen-bond acceptors (Lipinski definition) is 1. The van der Waals surface area contributed by atoms with Crippen LogP contribution in [0.2, 0.25) is 12.1 Å². The molecule has 0 aromatic rings. The Hall–Kier alpha value is 0.394. The van der Waals surface area contributed by atoms with Gasteiger partial charge in [-0.05, 0) is 12.1 Å². The molecule has 0 amide bonds. The molecule has 9 heavy (non-hydrogen) atoms. The van der Waals surface area contributed by atoms with Gasteiger partial charge in [-0.2, -0.15) is 0 Å². The second-order valence-corrected chi connectivity index (χ2v) is 7.07. The van der Waals surface area contributed by atoms with Crippen molar-refractivity contribution < 1.29 is 0 Å². The van der Waals surface area contributed by atoms with E-state index in [1.165, 1.54) is 25.7 Å². The van der Waals surface area contributed by atoms with Crippen molar-refractivity contribution in [1.29, 1.82) is 0 Å². The first-order valence-corrected chi connectivity index (χ1v) is 6.88. The minimum atomic E-state index is -0.388. The van der Waals surface area contributed by atoms with E-state index in [2.05, 4.69) is 4.65 Å². The van der Waals surface area contributed by atoms with Gasteiger partial charge in [-0.3, -0.25) is 0 Å². The van der Waals surface area contributed by atoms with Gasteiger partial charge in [0.25, 0.3) is 0 Å². The van der Waals surface area contributed by atoms with E-state index in [1.54, 1.807) is 12.1 Å². The van der Waals surface area contributed by atoms with Gasteiger partial charge in [0.05, 0.1) is 8.96 Å². The lowest BCUT2D eigenvalue weighted by Gasteiger charge is -2.14. The topological polar surface area (TPSA) is 12.0 Å². The van der Waals surface area contributed by atoms with Crippen molar-refractivity contribution >= 4 is 19.4 Å². The third kappa shape index (κ3) is 2.64. The van der Waals surface area contributed by atoms with E-state index in [9.17, 15) is 0 Å². The van der Waals surface area contributed by atoms with Crippen LogP contribution in [0.3, 0.4) is 0 Å². The molecule has 0 unspecified atom stereocenters. The molecular weight excluding hydrogens is 142 g/mol. The molecule has 0 aromatic heterocycles. The van der Waals surface area contributed by atoms with E-state index in [-0.39, 0.29) is 8.96 Å². The van der Waals surface area contributed by atoms with Gasteiger partial charge in [-0.25, -0.2) is 10.4 Å². The van der Waals surface area contributed by atoms with Gasteiger partial charge in [0.2, 0.25) is 0 Å². The zero-order valence-corrected chi connectivity index (χ0v) is 8.60. The highest BCUT2D eigenvalue weighted by atomic mass is 28.3. The van der Waals surface area contributed by atoms with E-state index >= 15 is 0 Å². The number of hydrogen-bond donors (Lipinski definition) is 1. The van der Waals surface area contributed by atoms with Crippen LogP contribution in [0, 0.1) is 0 Å². The van der Waals surface area contributed by atoms with Crippen LogP contribution in [0.15, 0.2) is 0 Å². The summed E-state index contributed by atoms with van der Waals surface area (Å²) in [4.78, 5) is 0. The van der Waals surface area contributed by atoms with Crippen LogP contribution in [-0.2, 0) is 0 Å². The summed E-state index contributed by atoms with van der Waals surface area (Å²) in [6.07, 6.45) is 5.99. The molecule has 0 saturated carbocycles. The van der Waals surface area contributed by atoms with Crippen molar-refractivity contribution in [3.05, 3.63) is 0 Å². The highest BCUT2D eigenvalue weighted by Gasteiger charge is 2.07. The first kappa shape index (κ1) is 7.50. The maximum atomic E-state index is 3.51. The summed E-state index contributed by atoms with van der Waals surface area (Å²) in [5.74, 6) is 0. The molecule has 1 saturated heterocycles. The van der Waals surface area contributed by atoms with Crippen LogP contribution in [0.4, 0.5) is 0 Å². The van der Waals surface area contributed by atoms with Crippen molar-refractivity contribution in [2.24, 2.45) is 0 Å². The van der Waals surface area contributed by atoms with E-state index in [4.69, 9.17) is 0 Å². The zero-order chi connectivity index (χ0) is 6.53. The standard InChI is InChI=1S/C6H16NSi2/c8-7-9-5-3-1-2-4-6-9/h7,9H,1-6,8H2/q-1. The molecule has 0 radical (unpaired) electrons. The predicted molar refractivity (Wildman–Crippen MR) is 46.9 cm³/mol. The van der Waals surface area contributed by atoms with Crippen molar-refractivity contribution in [3.8, 4) is 0 Å². The van der Waals surface area contributed by atoms with E-state index < -0.39 is 0 Å². The first-order valence-electron chi connectivity index (χ1n) is 3.96. The molecule has 1 aliphatic heterocycles. The minimum Gasteiger partial charge on any atom is -0.517 e. The van der Waals surface area contributed by atoms with Crippen LogP contribution in [0.25, 0.3) is 0 Å². The third-order valence-corrected chi connectivity index (χ3v) is 6.66. The third-order valence-electron chi connectivity index (χ3n) is 2.14. The van der Waals surface area contributed by atoms with Crippen molar-refractivity contribution in [1.82, 2.24) is 4.65 Å². The first-order chi connectivity index (χ1) is 4.43. The molecule has 0 bridgehead atoms. The van der Waals surface area contributed by atoms with Gasteiger partial charge in [0.1, 0.15) is 0 Å². The fourth-order valence-electron chi connectivity index (χ4n) is 1.48. The van der Waals surface area contributed by atoms with Crippen LogP contribution < -0.4 is 4.65 Å². The second kappa shape index (κ2) is 4.25. The highest BCUT2D eigenvalue weighted by molar-refractivity contribution is 6.61. The smallest absolute Gasteiger partial charge is 0.0722 e. The van der Waals surface area contributed by atoms with Crippen LogP contribution in [0.5, 0.6) is 0 Å². The van der Waals surface area contributed by atoms with Gasteiger partial charge in [-0.1, -0.05) is 25.7 Å². The van der Waals surface area contributed by atoms with Crippen LogP contribution >= 0.6 is 0 Å². The summed E-state index contributed by atoms with van der Waals surface area (Å²) >= 11 is 0. The molecular formula is C6H16NSi2-. The molecule has 0 spiro atoms. The minimum absolute atomic E-state index is 0.388. The Morgan fingerprint density at radius 2 is 1.56 bits per heavy atom. The Morgan fingerprint density at radius 1 is 1.00 bits per heavy atom. The zero-order valence-electron chi connectivity index (χ0n) is 6.03. The average molecular weight is 158 g/mol. The highest BCUT2D eigenvalue weighted by Crippen LogP contribution is 2.15. The predicted octanol–water partition coefficient (Wildman–Crippen LogP) is 0.422. The van der Waals surface area contributed by atoms with Gasteiger partial charge >= 0.3 is 0 Å². The van der Waals surface area contributed by atoms with E-state index in [0.29, 0.717) is 0 Å². The molecule has 1 N–H and O–H groups in total. The van der Waals surface area contributed by atoms with Crippen LogP contribution in [0.1, 0.15) is 25.7 Å². The van der Waals surface area contributed by atoms with Crippen molar-refractivity contribution in [3.63, 3.8) is 0 Å². The number of rotatable bonds is 1. The molecule has 3 heteroatoms. The summed E-state index contributed by atoms with van der Waals surface area (Å²) in [5.41, 5.74) is 0. The van der Waals surface area contributed by atoms with Crippen LogP contribution in [-0.4, -0.2) is 19.4 Å². The maximum Gasteiger partial charge on any atom is 0.0722 e. The van der Waals surface area contributed by atoms with E-state index in [1.807, 2.05) is 10.4 Å². The van der Waals surface area contributed by atoms with Crippen molar-refractivity contribution in [2.45, 2.75) is 37.8 Å². The fraction of sp³-hybridized carbons (Fsp3) is 1.00. The van der Waals surface area contributed by atoms with Gasteiger partial charge in [0.15, 0.2) is 0 Å². The average Bonchev–Trinajstić information content (AvgIpc) is 2.13. The quantitative estimate of drug-likeness (QED) is 0.546.